The number of rotatable bonds is 4. The van der Waals surface area contributed by atoms with Crippen LogP contribution >= 0.6 is 0 Å². The smallest absolute Gasteiger partial charge is 0.266 e. The molecule has 116 valence electrons. The van der Waals surface area contributed by atoms with Crippen molar-refractivity contribution in [3.05, 3.63) is 59.2 Å². The van der Waals surface area contributed by atoms with Crippen LogP contribution in [0.15, 0.2) is 48.0 Å². The van der Waals surface area contributed by atoms with E-state index in [0.717, 1.165) is 5.56 Å². The molecule has 2 N–H and O–H groups in total. The second-order valence-corrected chi connectivity index (χ2v) is 4.87. The van der Waals surface area contributed by atoms with Gasteiger partial charge in [0.1, 0.15) is 11.6 Å². The number of hydrogen-bond donors (Lipinski definition) is 2. The van der Waals surface area contributed by atoms with Crippen molar-refractivity contribution in [2.75, 3.05) is 12.4 Å². The van der Waals surface area contributed by atoms with E-state index in [0.29, 0.717) is 17.0 Å². The fourth-order valence-corrected chi connectivity index (χ4v) is 2.01. The Labute approximate surface area is 134 Å². The Morgan fingerprint density at radius 2 is 2.04 bits per heavy atom. The van der Waals surface area contributed by atoms with Gasteiger partial charge in [-0.3, -0.25) is 4.79 Å². The van der Waals surface area contributed by atoms with E-state index in [1.807, 2.05) is 25.1 Å². The highest BCUT2D eigenvalue weighted by atomic mass is 16.5. The summed E-state index contributed by atoms with van der Waals surface area (Å²) in [6.07, 6.45) is 1.41. The molecule has 5 heteroatoms. The molecule has 2 aromatic carbocycles. The highest BCUT2D eigenvalue weighted by Gasteiger charge is 2.11. The van der Waals surface area contributed by atoms with Crippen molar-refractivity contribution in [3.63, 3.8) is 0 Å². The van der Waals surface area contributed by atoms with Gasteiger partial charge >= 0.3 is 0 Å². The molecule has 0 saturated carbocycles. The van der Waals surface area contributed by atoms with Gasteiger partial charge in [0, 0.05) is 5.69 Å². The number of hydrogen-bond acceptors (Lipinski definition) is 4. The van der Waals surface area contributed by atoms with Crippen LogP contribution in [0.2, 0.25) is 0 Å². The van der Waals surface area contributed by atoms with Crippen LogP contribution in [-0.2, 0) is 4.79 Å². The molecule has 23 heavy (non-hydrogen) atoms. The average Bonchev–Trinajstić information content (AvgIpc) is 2.54. The van der Waals surface area contributed by atoms with Gasteiger partial charge in [-0.15, -0.1) is 0 Å². The first kappa shape index (κ1) is 16.1. The molecule has 0 aliphatic heterocycles. The summed E-state index contributed by atoms with van der Waals surface area (Å²) in [4.78, 5) is 12.2. The third kappa shape index (κ3) is 3.89. The molecule has 0 bridgehead atoms. The summed E-state index contributed by atoms with van der Waals surface area (Å²) < 4.78 is 4.96. The molecule has 0 heterocycles. The summed E-state index contributed by atoms with van der Waals surface area (Å²) in [6, 6.07) is 13.8. The van der Waals surface area contributed by atoms with Crippen molar-refractivity contribution < 1.29 is 14.6 Å². The number of amides is 1. The van der Waals surface area contributed by atoms with Gasteiger partial charge in [0.15, 0.2) is 11.5 Å². The normalized spacial score (nSPS) is 10.7. The molecule has 0 radical (unpaired) electrons. The summed E-state index contributed by atoms with van der Waals surface area (Å²) in [5.74, 6) is -0.236. The highest BCUT2D eigenvalue weighted by Crippen LogP contribution is 2.27. The Morgan fingerprint density at radius 1 is 1.30 bits per heavy atom. The van der Waals surface area contributed by atoms with Gasteiger partial charge in [-0.2, -0.15) is 5.26 Å². The first-order chi connectivity index (χ1) is 11.0. The van der Waals surface area contributed by atoms with Crippen molar-refractivity contribution in [2.45, 2.75) is 6.92 Å². The fourth-order valence-electron chi connectivity index (χ4n) is 2.01. The molecule has 0 unspecified atom stereocenters. The lowest BCUT2D eigenvalue weighted by atomic mass is 10.1. The third-order valence-corrected chi connectivity index (χ3v) is 3.27. The lowest BCUT2D eigenvalue weighted by molar-refractivity contribution is -0.112. The summed E-state index contributed by atoms with van der Waals surface area (Å²) in [5, 5.41) is 21.7. The number of nitrogens with one attached hydrogen (secondary N) is 1. The minimum Gasteiger partial charge on any atom is -0.504 e. The molecule has 5 nitrogen and oxygen atoms in total. The summed E-state index contributed by atoms with van der Waals surface area (Å²) in [5.41, 5.74) is 2.02. The fraction of sp³-hybridized carbons (Fsp3) is 0.111. The number of phenols is 1. The number of nitrogens with zero attached hydrogens (tertiary/aromatic N) is 1. The van der Waals surface area contributed by atoms with E-state index in [9.17, 15) is 15.2 Å². The minimum absolute atomic E-state index is 0.0575. The molecule has 0 fully saturated rings. The number of benzene rings is 2. The Kier molecular flexibility index (Phi) is 5.00. The van der Waals surface area contributed by atoms with E-state index in [1.165, 1.54) is 19.3 Å². The second-order valence-electron chi connectivity index (χ2n) is 4.87. The molecular formula is C18H16N2O3. The van der Waals surface area contributed by atoms with Gasteiger partial charge in [0.05, 0.1) is 7.11 Å². The first-order valence-corrected chi connectivity index (χ1v) is 6.91. The summed E-state index contributed by atoms with van der Waals surface area (Å²) in [7, 11) is 1.45. The first-order valence-electron chi connectivity index (χ1n) is 6.91. The van der Waals surface area contributed by atoms with E-state index in [4.69, 9.17) is 4.74 Å². The average molecular weight is 308 g/mol. The molecule has 1 amide bonds. The summed E-state index contributed by atoms with van der Waals surface area (Å²) in [6.45, 7) is 1.87. The zero-order valence-corrected chi connectivity index (χ0v) is 12.8. The monoisotopic (exact) mass is 308 g/mol. The van der Waals surface area contributed by atoms with Gasteiger partial charge in [-0.1, -0.05) is 24.3 Å². The van der Waals surface area contributed by atoms with E-state index in [1.54, 1.807) is 24.3 Å². The number of aryl methyl sites for hydroxylation is 1. The molecule has 0 aromatic heterocycles. The van der Waals surface area contributed by atoms with Crippen LogP contribution in [0.5, 0.6) is 11.5 Å². The number of anilines is 1. The maximum absolute atomic E-state index is 12.2. The van der Waals surface area contributed by atoms with Crippen molar-refractivity contribution in [1.29, 1.82) is 5.26 Å². The van der Waals surface area contributed by atoms with Crippen LogP contribution in [0.1, 0.15) is 11.1 Å². The minimum atomic E-state index is -0.503. The highest BCUT2D eigenvalue weighted by molar-refractivity contribution is 6.10. The van der Waals surface area contributed by atoms with E-state index < -0.39 is 5.91 Å². The van der Waals surface area contributed by atoms with Gasteiger partial charge in [0.2, 0.25) is 0 Å². The molecule has 0 saturated heterocycles. The topological polar surface area (TPSA) is 82.3 Å². The van der Waals surface area contributed by atoms with Crippen molar-refractivity contribution >= 4 is 17.7 Å². The lowest BCUT2D eigenvalue weighted by Gasteiger charge is -2.07. The molecule has 0 aliphatic carbocycles. The third-order valence-electron chi connectivity index (χ3n) is 3.27. The Bertz CT molecular complexity index is 804. The van der Waals surface area contributed by atoms with Gasteiger partial charge in [-0.25, -0.2) is 0 Å². The van der Waals surface area contributed by atoms with Crippen molar-refractivity contribution in [1.82, 2.24) is 0 Å². The second kappa shape index (κ2) is 7.14. The van der Waals surface area contributed by atoms with Crippen LogP contribution in [0, 0.1) is 18.3 Å². The number of aromatic hydroxyl groups is 1. The number of carbonyl (C=O) groups is 1. The number of nitriles is 1. The van der Waals surface area contributed by atoms with Crippen molar-refractivity contribution in [2.24, 2.45) is 0 Å². The van der Waals surface area contributed by atoms with Gasteiger partial charge in [-0.05, 0) is 42.3 Å². The Morgan fingerprint density at radius 3 is 2.65 bits per heavy atom. The molecule has 2 rings (SSSR count). The van der Waals surface area contributed by atoms with E-state index in [2.05, 4.69) is 5.32 Å². The maximum atomic E-state index is 12.2. The van der Waals surface area contributed by atoms with Crippen LogP contribution in [0.4, 0.5) is 5.69 Å². The predicted molar refractivity (Wildman–Crippen MR) is 88.1 cm³/mol. The quantitative estimate of drug-likeness (QED) is 0.671. The lowest BCUT2D eigenvalue weighted by Crippen LogP contribution is -2.14. The number of ether oxygens (including phenoxy) is 1. The number of carbonyl (C=O) groups excluding carboxylic acids is 1. The predicted octanol–water partition coefficient (Wildman–Crippen LogP) is 3.25. The Balaban J connectivity index is 2.25. The molecular weight excluding hydrogens is 292 g/mol. The number of methoxy groups -OCH3 is 1. The van der Waals surface area contributed by atoms with Crippen LogP contribution in [0.3, 0.4) is 0 Å². The molecule has 2 aromatic rings. The maximum Gasteiger partial charge on any atom is 0.266 e. The van der Waals surface area contributed by atoms with Crippen molar-refractivity contribution in [3.8, 4) is 17.6 Å². The van der Waals surface area contributed by atoms with Gasteiger partial charge in [0.25, 0.3) is 5.91 Å². The largest absolute Gasteiger partial charge is 0.504 e. The standard InChI is InChI=1S/C18H16N2O3/c1-12-5-3-4-6-15(12)20-18(22)14(11-19)9-13-7-8-17(23-2)16(21)10-13/h3-10,21H,1-2H3,(H,20,22). The van der Waals surface area contributed by atoms with E-state index in [-0.39, 0.29) is 11.3 Å². The SMILES string of the molecule is COc1ccc(C=C(C#N)C(=O)Nc2ccccc2C)cc1O. The number of para-hydroxylation sites is 1. The molecule has 0 spiro atoms. The van der Waals surface area contributed by atoms with Gasteiger partial charge < -0.3 is 15.2 Å². The van der Waals surface area contributed by atoms with Crippen LogP contribution < -0.4 is 10.1 Å². The summed E-state index contributed by atoms with van der Waals surface area (Å²) >= 11 is 0. The zero-order chi connectivity index (χ0) is 16.8. The van der Waals surface area contributed by atoms with E-state index >= 15 is 0 Å². The molecule has 0 aliphatic rings. The zero-order valence-electron chi connectivity index (χ0n) is 12.8. The van der Waals surface area contributed by atoms with Crippen LogP contribution in [-0.4, -0.2) is 18.1 Å². The number of phenolic OH excluding ortho intramolecular Hbond substituents is 1. The van der Waals surface area contributed by atoms with Crippen LogP contribution in [0.25, 0.3) is 6.08 Å². The Hall–Kier alpha value is -3.26. The molecule has 0 atom stereocenters.